The lowest BCUT2D eigenvalue weighted by Gasteiger charge is -1.89. The van der Waals surface area contributed by atoms with Crippen LogP contribution in [0.15, 0.2) is 0 Å². The third-order valence-electron chi connectivity index (χ3n) is 1.68. The van der Waals surface area contributed by atoms with Crippen LogP contribution >= 0.6 is 0 Å². The maximum Gasteiger partial charge on any atom is 0.264 e. The first-order chi connectivity index (χ1) is 10.7. The molecule has 6 N–H and O–H groups in total. The fourth-order valence-electron chi connectivity index (χ4n) is 0.741. The molecule has 0 heterocycles. The average molecular weight is 420 g/mol. The summed E-state index contributed by atoms with van der Waals surface area (Å²) in [6.07, 6.45) is 0.288. The van der Waals surface area contributed by atoms with Gasteiger partial charge in [-0.05, 0) is 19.3 Å². The third kappa shape index (κ3) is 43.0. The molecule has 0 aliphatic rings. The highest BCUT2D eigenvalue weighted by molar-refractivity contribution is 7.86. The number of aliphatic hydroxyl groups is 3. The molecule has 0 aliphatic carbocycles. The van der Waals surface area contributed by atoms with Crippen LogP contribution in [0.5, 0.6) is 0 Å². The van der Waals surface area contributed by atoms with E-state index in [4.69, 9.17) is 29.0 Å². The van der Waals surface area contributed by atoms with E-state index in [0.717, 1.165) is 0 Å². The van der Waals surface area contributed by atoms with Crippen molar-refractivity contribution < 1.29 is 54.2 Å². The first-order valence-electron chi connectivity index (χ1n) is 6.36. The van der Waals surface area contributed by atoms with Gasteiger partial charge in [0.2, 0.25) is 0 Å². The van der Waals surface area contributed by atoms with Gasteiger partial charge in [0.25, 0.3) is 30.4 Å². The Labute approximate surface area is 141 Å². The van der Waals surface area contributed by atoms with Gasteiger partial charge in [0, 0.05) is 19.8 Å². The Morgan fingerprint density at radius 3 is 0.667 bits per heavy atom. The van der Waals surface area contributed by atoms with Gasteiger partial charge >= 0.3 is 0 Å². The molecule has 12 nitrogen and oxygen atoms in total. The first-order valence-corrected chi connectivity index (χ1v) is 11.2. The van der Waals surface area contributed by atoms with E-state index in [1.165, 1.54) is 0 Å². The van der Waals surface area contributed by atoms with Crippen LogP contribution in [-0.2, 0) is 30.4 Å². The highest BCUT2D eigenvalue weighted by Crippen LogP contribution is 1.86. The fourth-order valence-corrected chi connectivity index (χ4v) is 2.22. The van der Waals surface area contributed by atoms with Gasteiger partial charge in [-0.2, -0.15) is 25.3 Å². The van der Waals surface area contributed by atoms with Crippen LogP contribution < -0.4 is 0 Å². The van der Waals surface area contributed by atoms with E-state index in [1.807, 2.05) is 0 Å². The van der Waals surface area contributed by atoms with Crippen molar-refractivity contribution in [2.75, 3.05) is 37.1 Å². The summed E-state index contributed by atoms with van der Waals surface area (Å²) in [5, 5.41) is 24.2. The van der Waals surface area contributed by atoms with Crippen molar-refractivity contribution in [2.45, 2.75) is 19.3 Å². The monoisotopic (exact) mass is 420 g/mol. The van der Waals surface area contributed by atoms with Gasteiger partial charge in [0.05, 0.1) is 17.3 Å². The van der Waals surface area contributed by atoms with Crippen molar-refractivity contribution in [3.8, 4) is 0 Å². The van der Waals surface area contributed by atoms with Crippen LogP contribution in [0.2, 0.25) is 0 Å². The van der Waals surface area contributed by atoms with Gasteiger partial charge < -0.3 is 15.3 Å². The normalized spacial score (nSPS) is 11.8. The van der Waals surface area contributed by atoms with E-state index >= 15 is 0 Å². The Morgan fingerprint density at radius 2 is 0.625 bits per heavy atom. The minimum absolute atomic E-state index is 0.0961. The van der Waals surface area contributed by atoms with Gasteiger partial charge in [-0.25, -0.2) is 0 Å². The number of hydrogen-bond acceptors (Lipinski definition) is 9. The van der Waals surface area contributed by atoms with E-state index in [0.29, 0.717) is 0 Å². The molecule has 0 aromatic heterocycles. The Bertz CT molecular complexity index is 492. The summed E-state index contributed by atoms with van der Waals surface area (Å²) in [6.45, 7) is -0.626. The second-order valence-electron chi connectivity index (χ2n) is 4.09. The lowest BCUT2D eigenvalue weighted by molar-refractivity contribution is 0.294. The molecule has 24 heavy (non-hydrogen) atoms. The molecular weight excluding hydrogens is 396 g/mol. The summed E-state index contributed by atoms with van der Waals surface area (Å²) in [6, 6.07) is 0. The summed E-state index contributed by atoms with van der Waals surface area (Å²) >= 11 is 0. The van der Waals surface area contributed by atoms with Crippen LogP contribution in [0.25, 0.3) is 0 Å². The van der Waals surface area contributed by atoms with Crippen molar-refractivity contribution in [1.82, 2.24) is 0 Å². The van der Waals surface area contributed by atoms with E-state index < -0.39 is 30.4 Å². The Morgan fingerprint density at radius 1 is 0.458 bits per heavy atom. The maximum atomic E-state index is 9.83. The molecule has 15 heteroatoms. The largest absolute Gasteiger partial charge is 0.396 e. The average Bonchev–Trinajstić information content (AvgIpc) is 2.39. The predicted molar refractivity (Wildman–Crippen MR) is 84.4 cm³/mol. The molecule has 0 aliphatic heterocycles. The quantitative estimate of drug-likeness (QED) is 0.218. The molecule has 150 valence electrons. The van der Waals surface area contributed by atoms with Gasteiger partial charge in [0.15, 0.2) is 0 Å². The SMILES string of the molecule is O=S(=O)(O)CCCO.O=S(=O)(O)CCCO.O=S(=O)(O)CCCO. The molecule has 0 saturated heterocycles. The summed E-state index contributed by atoms with van der Waals surface area (Å²) in [5.74, 6) is -1.07. The number of aliphatic hydroxyl groups excluding tert-OH is 3. The Kier molecular flexibility index (Phi) is 17.7. The minimum Gasteiger partial charge on any atom is -0.396 e. The van der Waals surface area contributed by atoms with Gasteiger partial charge in [-0.3, -0.25) is 13.7 Å². The van der Waals surface area contributed by atoms with E-state index in [2.05, 4.69) is 0 Å². The van der Waals surface area contributed by atoms with Crippen molar-refractivity contribution in [1.29, 1.82) is 0 Å². The highest BCUT2D eigenvalue weighted by atomic mass is 32.2. The van der Waals surface area contributed by atoms with Crippen molar-refractivity contribution in [3.05, 3.63) is 0 Å². The lowest BCUT2D eigenvalue weighted by Crippen LogP contribution is -2.04. The molecule has 0 aromatic rings. The molecule has 0 unspecified atom stereocenters. The van der Waals surface area contributed by atoms with Crippen molar-refractivity contribution in [3.63, 3.8) is 0 Å². The summed E-state index contributed by atoms with van der Waals surface area (Å²) < 4.78 is 83.0. The highest BCUT2D eigenvalue weighted by Gasteiger charge is 2.02. The number of rotatable bonds is 9. The summed E-state index contributed by atoms with van der Waals surface area (Å²) in [7, 11) is -11.5. The lowest BCUT2D eigenvalue weighted by atomic mass is 10.5. The van der Waals surface area contributed by atoms with Crippen LogP contribution in [0.1, 0.15) is 19.3 Å². The Hall–Kier alpha value is -0.390. The predicted octanol–water partition coefficient (Wildman–Crippen LogP) is -2.23. The van der Waals surface area contributed by atoms with Gasteiger partial charge in [-0.15, -0.1) is 0 Å². The topological polar surface area (TPSA) is 224 Å². The van der Waals surface area contributed by atoms with Gasteiger partial charge in [-0.1, -0.05) is 0 Å². The molecule has 0 fully saturated rings. The summed E-state index contributed by atoms with van der Waals surface area (Å²) in [4.78, 5) is 0. The fraction of sp³-hybridized carbons (Fsp3) is 1.00. The molecule has 0 rings (SSSR count). The molecular formula is C9H24O12S3. The summed E-state index contributed by atoms with van der Waals surface area (Å²) in [5.41, 5.74) is 0. The minimum atomic E-state index is -3.85. The van der Waals surface area contributed by atoms with Gasteiger partial charge in [0.1, 0.15) is 0 Å². The zero-order valence-corrected chi connectivity index (χ0v) is 15.2. The molecule has 0 saturated carbocycles. The number of hydrogen-bond donors (Lipinski definition) is 6. The second-order valence-corrected chi connectivity index (χ2v) is 8.81. The molecule has 0 atom stereocenters. The smallest absolute Gasteiger partial charge is 0.264 e. The molecule has 0 radical (unpaired) electrons. The molecule has 0 amide bonds. The molecule has 0 aromatic carbocycles. The van der Waals surface area contributed by atoms with E-state index in [-0.39, 0.29) is 56.3 Å². The zero-order chi connectivity index (χ0) is 19.9. The molecule has 0 spiro atoms. The van der Waals surface area contributed by atoms with E-state index in [1.54, 1.807) is 0 Å². The van der Waals surface area contributed by atoms with Crippen LogP contribution in [-0.4, -0.2) is 91.3 Å². The first kappa shape index (κ1) is 28.4. The van der Waals surface area contributed by atoms with Crippen LogP contribution in [0.3, 0.4) is 0 Å². The standard InChI is InChI=1S/3C3H8O4S/c3*4-2-1-3-8(5,6)7/h3*4H,1-3H2,(H,5,6,7). The van der Waals surface area contributed by atoms with Crippen LogP contribution in [0.4, 0.5) is 0 Å². The second kappa shape index (κ2) is 14.9. The van der Waals surface area contributed by atoms with Crippen LogP contribution in [0, 0.1) is 0 Å². The zero-order valence-electron chi connectivity index (χ0n) is 12.7. The third-order valence-corrected chi connectivity index (χ3v) is 4.09. The molecule has 0 bridgehead atoms. The van der Waals surface area contributed by atoms with Crippen molar-refractivity contribution >= 4 is 30.4 Å². The van der Waals surface area contributed by atoms with E-state index in [9.17, 15) is 25.3 Å². The van der Waals surface area contributed by atoms with Crippen molar-refractivity contribution in [2.24, 2.45) is 0 Å². The Balaban J connectivity index is -0.000000276. The maximum absolute atomic E-state index is 9.83.